The Balaban J connectivity index is 2.74. The Morgan fingerprint density at radius 3 is 2.22 bits per heavy atom. The number of carbonyl (C=O) groups excluding carboxylic acids is 2. The van der Waals surface area contributed by atoms with Crippen LogP contribution in [0.2, 0.25) is 0 Å². The van der Waals surface area contributed by atoms with Crippen LogP contribution in [0, 0.1) is 10.8 Å². The van der Waals surface area contributed by atoms with Gasteiger partial charge in [0.05, 0.1) is 0 Å². The molecule has 5 heteroatoms. The summed E-state index contributed by atoms with van der Waals surface area (Å²) in [5, 5.41) is 5.82. The summed E-state index contributed by atoms with van der Waals surface area (Å²) in [7, 11) is 0. The van der Waals surface area contributed by atoms with Crippen molar-refractivity contribution in [3.63, 3.8) is 0 Å². The summed E-state index contributed by atoms with van der Waals surface area (Å²) in [5.41, 5.74) is -0.124. The number of benzene rings is 1. The second-order valence-corrected chi connectivity index (χ2v) is 9.75. The van der Waals surface area contributed by atoms with Crippen molar-refractivity contribution in [2.24, 2.45) is 10.8 Å². The molecule has 0 aliphatic heterocycles. The molecular formula is C22H36N2O3. The third kappa shape index (κ3) is 8.46. The third-order valence-corrected chi connectivity index (χ3v) is 4.20. The number of anilines is 1. The Bertz CT molecular complexity index is 658. The molecule has 0 unspecified atom stereocenters. The molecule has 5 nitrogen and oxygen atoms in total. The van der Waals surface area contributed by atoms with Gasteiger partial charge in [0.15, 0.2) is 0 Å². The maximum absolute atomic E-state index is 12.4. The standard InChI is InChI=1S/C22H36N2O3/c1-9-13-21(5,6)18(25)23-16-11-10-12-17(14-16)27-19(26)24-22(7,8)15-20(2,3)4/h10-12,14H,9,13,15H2,1-8H3,(H,23,25)(H,24,26). The minimum atomic E-state index is -0.501. The van der Waals surface area contributed by atoms with Crippen LogP contribution in [-0.2, 0) is 4.79 Å². The van der Waals surface area contributed by atoms with Crippen molar-refractivity contribution in [3.05, 3.63) is 24.3 Å². The van der Waals surface area contributed by atoms with Gasteiger partial charge in [0.1, 0.15) is 5.75 Å². The van der Waals surface area contributed by atoms with Crippen molar-refractivity contribution < 1.29 is 14.3 Å². The summed E-state index contributed by atoms with van der Waals surface area (Å²) in [6.45, 7) is 16.3. The summed E-state index contributed by atoms with van der Waals surface area (Å²) < 4.78 is 5.42. The fourth-order valence-corrected chi connectivity index (χ4v) is 3.46. The third-order valence-electron chi connectivity index (χ3n) is 4.20. The summed E-state index contributed by atoms with van der Waals surface area (Å²) in [5.74, 6) is 0.349. The lowest BCUT2D eigenvalue weighted by Gasteiger charge is -2.32. The molecule has 2 N–H and O–H groups in total. The summed E-state index contributed by atoms with van der Waals surface area (Å²) >= 11 is 0. The Kier molecular flexibility index (Phi) is 7.47. The maximum atomic E-state index is 12.4. The van der Waals surface area contributed by atoms with Crippen LogP contribution in [0.5, 0.6) is 5.75 Å². The van der Waals surface area contributed by atoms with E-state index in [9.17, 15) is 9.59 Å². The molecule has 152 valence electrons. The number of hydrogen-bond acceptors (Lipinski definition) is 3. The second-order valence-electron chi connectivity index (χ2n) is 9.75. The number of ether oxygens (including phenoxy) is 1. The highest BCUT2D eigenvalue weighted by molar-refractivity contribution is 5.95. The Morgan fingerprint density at radius 2 is 1.67 bits per heavy atom. The molecule has 1 aromatic carbocycles. The average Bonchev–Trinajstić information content (AvgIpc) is 2.43. The van der Waals surface area contributed by atoms with Gasteiger partial charge in [-0.2, -0.15) is 0 Å². The van der Waals surface area contributed by atoms with Crippen molar-refractivity contribution in [1.29, 1.82) is 0 Å². The van der Waals surface area contributed by atoms with Crippen molar-refractivity contribution in [3.8, 4) is 5.75 Å². The highest BCUT2D eigenvalue weighted by Gasteiger charge is 2.28. The zero-order chi connectivity index (χ0) is 20.9. The molecule has 0 heterocycles. The maximum Gasteiger partial charge on any atom is 0.413 e. The fourth-order valence-electron chi connectivity index (χ4n) is 3.46. The molecule has 0 spiro atoms. The smallest absolute Gasteiger partial charge is 0.410 e. The van der Waals surface area contributed by atoms with Crippen LogP contribution < -0.4 is 15.4 Å². The Labute approximate surface area is 164 Å². The lowest BCUT2D eigenvalue weighted by molar-refractivity contribution is -0.124. The van der Waals surface area contributed by atoms with Crippen LogP contribution in [0.25, 0.3) is 0 Å². The van der Waals surface area contributed by atoms with Crippen molar-refractivity contribution in [2.45, 2.75) is 80.2 Å². The molecule has 0 aliphatic carbocycles. The van der Waals surface area contributed by atoms with Crippen molar-refractivity contribution >= 4 is 17.7 Å². The lowest BCUT2D eigenvalue weighted by atomic mass is 9.82. The first-order valence-electron chi connectivity index (χ1n) is 9.66. The zero-order valence-electron chi connectivity index (χ0n) is 18.2. The van der Waals surface area contributed by atoms with Gasteiger partial charge >= 0.3 is 6.09 Å². The summed E-state index contributed by atoms with van der Waals surface area (Å²) in [6, 6.07) is 6.90. The van der Waals surface area contributed by atoms with E-state index in [2.05, 4.69) is 38.3 Å². The van der Waals surface area contributed by atoms with Gasteiger partial charge < -0.3 is 15.4 Å². The molecule has 0 fully saturated rings. The van der Waals surface area contributed by atoms with Gasteiger partial charge in [-0.15, -0.1) is 0 Å². The van der Waals surface area contributed by atoms with Gasteiger partial charge in [-0.3, -0.25) is 4.79 Å². The predicted molar refractivity (Wildman–Crippen MR) is 111 cm³/mol. The molecule has 27 heavy (non-hydrogen) atoms. The van der Waals surface area contributed by atoms with Crippen molar-refractivity contribution in [2.75, 3.05) is 5.32 Å². The minimum Gasteiger partial charge on any atom is -0.410 e. The molecule has 0 atom stereocenters. The number of hydrogen-bond donors (Lipinski definition) is 2. The van der Waals surface area contributed by atoms with Gasteiger partial charge in [-0.1, -0.05) is 54.0 Å². The molecule has 0 aliphatic rings. The van der Waals surface area contributed by atoms with Crippen LogP contribution in [0.4, 0.5) is 10.5 Å². The highest BCUT2D eigenvalue weighted by Crippen LogP contribution is 2.28. The first-order valence-corrected chi connectivity index (χ1v) is 9.66. The monoisotopic (exact) mass is 376 g/mol. The number of carbonyl (C=O) groups is 2. The van der Waals surface area contributed by atoms with E-state index in [1.807, 2.05) is 27.7 Å². The second kappa shape index (κ2) is 8.77. The predicted octanol–water partition coefficient (Wildman–Crippen LogP) is 5.75. The largest absolute Gasteiger partial charge is 0.413 e. The molecular weight excluding hydrogens is 340 g/mol. The number of rotatable bonds is 7. The molecule has 0 radical (unpaired) electrons. The molecule has 0 bridgehead atoms. The van der Waals surface area contributed by atoms with Crippen LogP contribution in [0.1, 0.15) is 74.7 Å². The molecule has 0 saturated heterocycles. The lowest BCUT2D eigenvalue weighted by Crippen LogP contribution is -2.47. The first-order chi connectivity index (χ1) is 12.2. The van der Waals surface area contributed by atoms with Crippen LogP contribution >= 0.6 is 0 Å². The topological polar surface area (TPSA) is 67.4 Å². The zero-order valence-corrected chi connectivity index (χ0v) is 18.2. The van der Waals surface area contributed by atoms with Gasteiger partial charge in [-0.05, 0) is 44.2 Å². The van der Waals surface area contributed by atoms with Gasteiger partial charge in [0.25, 0.3) is 0 Å². The molecule has 1 rings (SSSR count). The molecule has 0 aromatic heterocycles. The van der Waals surface area contributed by atoms with E-state index in [0.29, 0.717) is 11.4 Å². The number of amides is 2. The van der Waals surface area contributed by atoms with E-state index in [0.717, 1.165) is 19.3 Å². The van der Waals surface area contributed by atoms with E-state index in [1.54, 1.807) is 24.3 Å². The van der Waals surface area contributed by atoms with Gasteiger partial charge in [-0.25, -0.2) is 4.79 Å². The quantitative estimate of drug-likeness (QED) is 0.636. The van der Waals surface area contributed by atoms with Crippen molar-refractivity contribution in [1.82, 2.24) is 5.32 Å². The molecule has 2 amide bonds. The van der Waals surface area contributed by atoms with E-state index in [4.69, 9.17) is 4.74 Å². The van der Waals surface area contributed by atoms with E-state index in [-0.39, 0.29) is 16.9 Å². The fraction of sp³-hybridized carbons (Fsp3) is 0.636. The Morgan fingerprint density at radius 1 is 1.04 bits per heavy atom. The normalized spacial score (nSPS) is 12.4. The van der Waals surface area contributed by atoms with E-state index in [1.165, 1.54) is 0 Å². The first kappa shape index (κ1) is 23.0. The SMILES string of the molecule is CCCC(C)(C)C(=O)Nc1cccc(OC(=O)NC(C)(C)CC(C)(C)C)c1. The molecule has 1 aromatic rings. The molecule has 0 saturated carbocycles. The van der Waals surface area contributed by atoms with Crippen LogP contribution in [-0.4, -0.2) is 17.5 Å². The van der Waals surface area contributed by atoms with Gasteiger partial charge in [0.2, 0.25) is 5.91 Å². The van der Waals surface area contributed by atoms with E-state index >= 15 is 0 Å². The van der Waals surface area contributed by atoms with E-state index < -0.39 is 11.5 Å². The summed E-state index contributed by atoms with van der Waals surface area (Å²) in [6.07, 6.45) is 2.06. The highest BCUT2D eigenvalue weighted by atomic mass is 16.6. The van der Waals surface area contributed by atoms with Gasteiger partial charge in [0, 0.05) is 22.7 Å². The average molecular weight is 377 g/mol. The van der Waals surface area contributed by atoms with Crippen LogP contribution in [0.15, 0.2) is 24.3 Å². The van der Waals surface area contributed by atoms with Crippen LogP contribution in [0.3, 0.4) is 0 Å². The summed E-state index contributed by atoms with van der Waals surface area (Å²) in [4.78, 5) is 24.7. The Hall–Kier alpha value is -2.04. The number of nitrogens with one attached hydrogen (secondary N) is 2. The minimum absolute atomic E-state index is 0.0442.